The van der Waals surface area contributed by atoms with Crippen LogP contribution in [-0.4, -0.2) is 22.8 Å². The summed E-state index contributed by atoms with van der Waals surface area (Å²) in [5, 5.41) is 2.58. The molecule has 0 aliphatic carbocycles. The minimum absolute atomic E-state index is 0.271. The molecule has 0 unspecified atom stereocenters. The van der Waals surface area contributed by atoms with Gasteiger partial charge >= 0.3 is 0 Å². The highest BCUT2D eigenvalue weighted by Gasteiger charge is 2.18. The number of pyridine rings is 1. The Morgan fingerprint density at radius 1 is 1.50 bits per heavy atom. The molecule has 1 aromatic rings. The molecule has 0 aromatic carbocycles. The maximum atomic E-state index is 11.8. The van der Waals surface area contributed by atoms with Crippen LogP contribution >= 0.6 is 0 Å². The fourth-order valence-electron chi connectivity index (χ4n) is 1.48. The number of aromatic nitrogens is 1. The van der Waals surface area contributed by atoms with Crippen LogP contribution in [0.4, 0.5) is 0 Å². The smallest absolute Gasteiger partial charge is 0.270 e. The lowest BCUT2D eigenvalue weighted by molar-refractivity contribution is -0.120. The predicted molar refractivity (Wildman–Crippen MR) is 68.7 cm³/mol. The van der Waals surface area contributed by atoms with E-state index in [9.17, 15) is 9.59 Å². The summed E-state index contributed by atoms with van der Waals surface area (Å²) in [5.74, 6) is -0.929. The first-order valence-corrected chi connectivity index (χ1v) is 5.77. The van der Waals surface area contributed by atoms with Crippen molar-refractivity contribution in [3.63, 3.8) is 0 Å². The molecule has 0 fully saturated rings. The molecule has 1 atom stereocenters. The molecule has 18 heavy (non-hydrogen) atoms. The summed E-state index contributed by atoms with van der Waals surface area (Å²) in [6.07, 6.45) is 5.31. The van der Waals surface area contributed by atoms with Gasteiger partial charge in [0.15, 0.2) is 0 Å². The number of nitrogens with one attached hydrogen (secondary N) is 1. The van der Waals surface area contributed by atoms with Gasteiger partial charge in [0.2, 0.25) is 5.91 Å². The zero-order chi connectivity index (χ0) is 13.4. The summed E-state index contributed by atoms with van der Waals surface area (Å²) in [7, 11) is 0. The molecule has 0 saturated heterocycles. The van der Waals surface area contributed by atoms with Crippen LogP contribution in [0.3, 0.4) is 0 Å². The van der Waals surface area contributed by atoms with E-state index < -0.39 is 17.9 Å². The van der Waals surface area contributed by atoms with E-state index in [1.54, 1.807) is 24.3 Å². The molecule has 0 aliphatic heterocycles. The quantitative estimate of drug-likeness (QED) is 0.557. The molecule has 0 aliphatic rings. The van der Waals surface area contributed by atoms with Crippen LogP contribution in [0.15, 0.2) is 37.1 Å². The van der Waals surface area contributed by atoms with E-state index in [2.05, 4.69) is 16.9 Å². The van der Waals surface area contributed by atoms with Gasteiger partial charge in [-0.25, -0.2) is 0 Å². The maximum absolute atomic E-state index is 11.8. The molecule has 5 heteroatoms. The largest absolute Gasteiger partial charge is 0.368 e. The number of rotatable bonds is 7. The molecule has 1 rings (SSSR count). The number of carbonyl (C=O) groups is 2. The van der Waals surface area contributed by atoms with Gasteiger partial charge in [-0.05, 0) is 31.4 Å². The van der Waals surface area contributed by atoms with Crippen molar-refractivity contribution in [2.75, 3.05) is 0 Å². The molecule has 0 saturated carbocycles. The lowest BCUT2D eigenvalue weighted by Crippen LogP contribution is -2.44. The van der Waals surface area contributed by atoms with Gasteiger partial charge in [-0.15, -0.1) is 6.58 Å². The van der Waals surface area contributed by atoms with Gasteiger partial charge in [0.25, 0.3) is 5.91 Å². The highest BCUT2D eigenvalue weighted by Crippen LogP contribution is 2.03. The van der Waals surface area contributed by atoms with Crippen LogP contribution in [0.25, 0.3) is 0 Å². The molecule has 5 nitrogen and oxygen atoms in total. The van der Waals surface area contributed by atoms with Crippen molar-refractivity contribution in [2.45, 2.75) is 25.3 Å². The lowest BCUT2D eigenvalue weighted by Gasteiger charge is -2.14. The Balaban J connectivity index is 2.58. The molecule has 1 heterocycles. The third-order valence-electron chi connectivity index (χ3n) is 2.45. The van der Waals surface area contributed by atoms with Crippen LogP contribution in [0.2, 0.25) is 0 Å². The summed E-state index contributed by atoms with van der Waals surface area (Å²) in [6, 6.07) is 4.34. The van der Waals surface area contributed by atoms with Crippen molar-refractivity contribution in [3.05, 3.63) is 42.7 Å². The minimum Gasteiger partial charge on any atom is -0.368 e. The van der Waals surface area contributed by atoms with Crippen molar-refractivity contribution in [2.24, 2.45) is 5.73 Å². The van der Waals surface area contributed by atoms with E-state index in [1.807, 2.05) is 0 Å². The number of nitrogens with zero attached hydrogens (tertiary/aromatic N) is 1. The summed E-state index contributed by atoms with van der Waals surface area (Å²) < 4.78 is 0. The van der Waals surface area contributed by atoms with Crippen LogP contribution in [0.1, 0.15) is 29.8 Å². The fraction of sp³-hybridized carbons (Fsp3) is 0.308. The van der Waals surface area contributed by atoms with Gasteiger partial charge in [0, 0.05) is 6.20 Å². The SMILES string of the molecule is C=CCCC[C@H](NC(=O)c1ccccn1)C(N)=O. The topological polar surface area (TPSA) is 85.1 Å². The van der Waals surface area contributed by atoms with E-state index in [-0.39, 0.29) is 5.69 Å². The second-order valence-corrected chi connectivity index (χ2v) is 3.86. The molecule has 2 amide bonds. The predicted octanol–water partition coefficient (Wildman–Crippen LogP) is 1.02. The summed E-state index contributed by atoms with van der Waals surface area (Å²) in [4.78, 5) is 26.9. The molecule has 96 valence electrons. The molecular weight excluding hydrogens is 230 g/mol. The third-order valence-corrected chi connectivity index (χ3v) is 2.45. The lowest BCUT2D eigenvalue weighted by atomic mass is 10.1. The standard InChI is InChI=1S/C13H17N3O2/c1-2-3-4-7-10(12(14)17)16-13(18)11-8-5-6-9-15-11/h2,5-6,8-10H,1,3-4,7H2,(H2,14,17)(H,16,18)/t10-/m0/s1. The van der Waals surface area contributed by atoms with E-state index >= 15 is 0 Å². The third kappa shape index (κ3) is 4.37. The Labute approximate surface area is 106 Å². The van der Waals surface area contributed by atoms with Gasteiger partial charge in [0.1, 0.15) is 11.7 Å². The van der Waals surface area contributed by atoms with Crippen molar-refractivity contribution >= 4 is 11.8 Å². The van der Waals surface area contributed by atoms with E-state index in [1.165, 1.54) is 6.20 Å². The molecular formula is C13H17N3O2. The number of hydrogen-bond acceptors (Lipinski definition) is 3. The zero-order valence-electron chi connectivity index (χ0n) is 10.1. The van der Waals surface area contributed by atoms with Crippen LogP contribution in [0, 0.1) is 0 Å². The average molecular weight is 247 g/mol. The van der Waals surface area contributed by atoms with Crippen LogP contribution in [0.5, 0.6) is 0 Å². The first-order chi connectivity index (χ1) is 8.65. The van der Waals surface area contributed by atoms with Gasteiger partial charge in [-0.2, -0.15) is 0 Å². The Hall–Kier alpha value is -2.17. The van der Waals surface area contributed by atoms with Crippen molar-refractivity contribution in [1.82, 2.24) is 10.3 Å². The van der Waals surface area contributed by atoms with Crippen LogP contribution in [-0.2, 0) is 4.79 Å². The minimum atomic E-state index is -0.667. The van der Waals surface area contributed by atoms with Crippen molar-refractivity contribution in [3.8, 4) is 0 Å². The molecule has 1 aromatic heterocycles. The Bertz CT molecular complexity index is 418. The van der Waals surface area contributed by atoms with Gasteiger partial charge in [0.05, 0.1) is 0 Å². The molecule has 0 bridgehead atoms. The summed E-state index contributed by atoms with van der Waals surface area (Å²) >= 11 is 0. The molecule has 3 N–H and O–H groups in total. The van der Waals surface area contributed by atoms with E-state index in [0.29, 0.717) is 6.42 Å². The highest BCUT2D eigenvalue weighted by molar-refractivity contribution is 5.95. The van der Waals surface area contributed by atoms with Crippen LogP contribution < -0.4 is 11.1 Å². The molecule has 0 spiro atoms. The number of hydrogen-bond donors (Lipinski definition) is 2. The summed E-state index contributed by atoms with van der Waals surface area (Å²) in [5.41, 5.74) is 5.52. The number of allylic oxidation sites excluding steroid dienone is 1. The van der Waals surface area contributed by atoms with Gasteiger partial charge < -0.3 is 11.1 Å². The number of primary amides is 1. The molecule has 0 radical (unpaired) electrons. The second kappa shape index (κ2) is 7.21. The summed E-state index contributed by atoms with van der Waals surface area (Å²) in [6.45, 7) is 3.60. The number of carbonyl (C=O) groups excluding carboxylic acids is 2. The van der Waals surface area contributed by atoms with Gasteiger partial charge in [-0.1, -0.05) is 12.1 Å². The Morgan fingerprint density at radius 2 is 2.28 bits per heavy atom. The van der Waals surface area contributed by atoms with E-state index in [0.717, 1.165) is 12.8 Å². The first-order valence-electron chi connectivity index (χ1n) is 5.77. The number of unbranched alkanes of at least 4 members (excludes halogenated alkanes) is 1. The second-order valence-electron chi connectivity index (χ2n) is 3.86. The zero-order valence-corrected chi connectivity index (χ0v) is 10.1. The fourth-order valence-corrected chi connectivity index (χ4v) is 1.48. The number of nitrogens with two attached hydrogens (primary N) is 1. The normalized spacial score (nSPS) is 11.6. The van der Waals surface area contributed by atoms with Crippen molar-refractivity contribution in [1.29, 1.82) is 0 Å². The first kappa shape index (κ1) is 13.9. The monoisotopic (exact) mass is 247 g/mol. The van der Waals surface area contributed by atoms with Gasteiger partial charge in [-0.3, -0.25) is 14.6 Å². The Kier molecular flexibility index (Phi) is 5.57. The highest BCUT2D eigenvalue weighted by atomic mass is 16.2. The van der Waals surface area contributed by atoms with Crippen molar-refractivity contribution < 1.29 is 9.59 Å². The maximum Gasteiger partial charge on any atom is 0.270 e. The average Bonchev–Trinajstić information content (AvgIpc) is 2.38. The number of amides is 2. The van der Waals surface area contributed by atoms with E-state index in [4.69, 9.17) is 5.73 Å². The Morgan fingerprint density at radius 3 is 2.83 bits per heavy atom.